The van der Waals surface area contributed by atoms with Gasteiger partial charge in [-0.1, -0.05) is 6.07 Å². The van der Waals surface area contributed by atoms with Crippen molar-refractivity contribution >= 4 is 59.4 Å². The van der Waals surface area contributed by atoms with E-state index in [-0.39, 0.29) is 16.5 Å². The summed E-state index contributed by atoms with van der Waals surface area (Å²) in [6, 6.07) is 16.5. The molecule has 0 saturated carbocycles. The molecule has 0 fully saturated rings. The van der Waals surface area contributed by atoms with E-state index in [0.29, 0.717) is 28.8 Å². The molecule has 4 aromatic carbocycles. The van der Waals surface area contributed by atoms with Crippen molar-refractivity contribution in [2.75, 3.05) is 5.73 Å². The van der Waals surface area contributed by atoms with Gasteiger partial charge in [0.2, 0.25) is 0 Å². The number of rotatable bonds is 6. The molecule has 0 atom stereocenters. The van der Waals surface area contributed by atoms with Crippen LogP contribution in [0.5, 0.6) is 0 Å². The van der Waals surface area contributed by atoms with Crippen molar-refractivity contribution in [1.82, 2.24) is 0 Å². The molecular weight excluding hydrogens is 518 g/mol. The van der Waals surface area contributed by atoms with Crippen LogP contribution in [0, 0.1) is 13.8 Å². The molecule has 0 aliphatic carbocycles. The average Bonchev–Trinajstić information content (AvgIpc) is 2.81. The number of azo groups is 2. The van der Waals surface area contributed by atoms with E-state index in [9.17, 15) is 25.9 Å². The Morgan fingerprint density at radius 2 is 1.22 bits per heavy atom. The van der Waals surface area contributed by atoms with Gasteiger partial charge in [-0.2, -0.15) is 37.3 Å². The van der Waals surface area contributed by atoms with Crippen molar-refractivity contribution in [2.45, 2.75) is 23.6 Å². The zero-order valence-corrected chi connectivity index (χ0v) is 21.2. The highest BCUT2D eigenvalue weighted by Gasteiger charge is 2.20. The van der Waals surface area contributed by atoms with Crippen LogP contribution in [0.4, 0.5) is 28.4 Å². The number of nitrogens with two attached hydrogens (primary N) is 1. The van der Waals surface area contributed by atoms with E-state index < -0.39 is 30.0 Å². The van der Waals surface area contributed by atoms with Gasteiger partial charge >= 0.3 is 0 Å². The van der Waals surface area contributed by atoms with Gasteiger partial charge in [0.1, 0.15) is 4.90 Å². The molecule has 0 saturated heterocycles. The first-order valence-corrected chi connectivity index (χ1v) is 13.5. The molecule has 4 aromatic rings. The Morgan fingerprint density at radius 3 is 1.78 bits per heavy atom. The van der Waals surface area contributed by atoms with Crippen molar-refractivity contribution in [3.05, 3.63) is 77.9 Å². The van der Waals surface area contributed by atoms with E-state index in [1.807, 2.05) is 19.9 Å². The van der Waals surface area contributed by atoms with Crippen LogP contribution in [0.3, 0.4) is 0 Å². The Kier molecular flexibility index (Phi) is 6.88. The first-order valence-electron chi connectivity index (χ1n) is 10.6. The lowest BCUT2D eigenvalue weighted by molar-refractivity contribution is 0.482. The van der Waals surface area contributed by atoms with E-state index in [1.165, 1.54) is 18.2 Å². The molecule has 190 valence electrons. The summed E-state index contributed by atoms with van der Waals surface area (Å²) in [4.78, 5) is -1.35. The van der Waals surface area contributed by atoms with Gasteiger partial charge in [-0.05, 0) is 91.0 Å². The Hall–Kier alpha value is -4.04. The number of aryl methyl sites for hydroxylation is 2. The van der Waals surface area contributed by atoms with Crippen molar-refractivity contribution in [3.63, 3.8) is 0 Å². The third kappa shape index (κ3) is 6.03. The van der Waals surface area contributed by atoms with Crippen LogP contribution >= 0.6 is 0 Å². The second-order valence-electron chi connectivity index (χ2n) is 8.19. The van der Waals surface area contributed by atoms with Crippen LogP contribution in [0.15, 0.2) is 97.0 Å². The molecule has 0 heterocycles. The highest BCUT2D eigenvalue weighted by molar-refractivity contribution is 7.86. The van der Waals surface area contributed by atoms with Crippen LogP contribution in [0.2, 0.25) is 0 Å². The largest absolute Gasteiger partial charge is 0.399 e. The van der Waals surface area contributed by atoms with Crippen LogP contribution in [0.1, 0.15) is 11.1 Å². The van der Waals surface area contributed by atoms with Crippen molar-refractivity contribution < 1.29 is 25.9 Å². The first kappa shape index (κ1) is 26.0. The van der Waals surface area contributed by atoms with E-state index in [2.05, 4.69) is 20.5 Å². The van der Waals surface area contributed by atoms with Crippen molar-refractivity contribution in [3.8, 4) is 0 Å². The van der Waals surface area contributed by atoms with Gasteiger partial charge < -0.3 is 5.73 Å². The minimum absolute atomic E-state index is 0.0109. The number of nitrogen functional groups attached to an aromatic ring is 1. The molecule has 0 amide bonds. The van der Waals surface area contributed by atoms with Gasteiger partial charge in [-0.3, -0.25) is 9.11 Å². The Bertz CT molecular complexity index is 1820. The molecule has 4 N–H and O–H groups in total. The fourth-order valence-electron chi connectivity index (χ4n) is 3.54. The number of benzene rings is 4. The predicted molar refractivity (Wildman–Crippen MR) is 139 cm³/mol. The summed E-state index contributed by atoms with van der Waals surface area (Å²) in [7, 11) is -9.51. The molecule has 0 bridgehead atoms. The lowest BCUT2D eigenvalue weighted by Crippen LogP contribution is -2.04. The van der Waals surface area contributed by atoms with Crippen LogP contribution in [-0.2, 0) is 20.2 Å². The van der Waals surface area contributed by atoms with E-state index in [0.717, 1.165) is 17.2 Å². The summed E-state index contributed by atoms with van der Waals surface area (Å²) in [6.07, 6.45) is 0. The predicted octanol–water partition coefficient (Wildman–Crippen LogP) is 6.36. The van der Waals surface area contributed by atoms with Gasteiger partial charge in [-0.15, -0.1) is 0 Å². The molecule has 0 unspecified atom stereocenters. The Balaban J connectivity index is 1.64. The third-order valence-corrected chi connectivity index (χ3v) is 7.12. The normalized spacial score (nSPS) is 12.6. The van der Waals surface area contributed by atoms with Gasteiger partial charge in [0, 0.05) is 11.1 Å². The monoisotopic (exact) mass is 539 g/mol. The summed E-state index contributed by atoms with van der Waals surface area (Å²) >= 11 is 0. The van der Waals surface area contributed by atoms with Gasteiger partial charge in [0.05, 0.1) is 27.6 Å². The third-order valence-electron chi connectivity index (χ3n) is 5.40. The number of hydrogen-bond acceptors (Lipinski definition) is 9. The second-order valence-corrected chi connectivity index (χ2v) is 11.0. The number of nitrogens with zero attached hydrogens (tertiary/aromatic N) is 4. The first-order chi connectivity index (χ1) is 17.3. The van der Waals surface area contributed by atoms with Gasteiger partial charge in [0.15, 0.2) is 0 Å². The molecule has 4 rings (SSSR count). The Labute approximate surface area is 212 Å². The van der Waals surface area contributed by atoms with Crippen LogP contribution < -0.4 is 5.73 Å². The maximum Gasteiger partial charge on any atom is 0.295 e. The fraction of sp³-hybridized carbons (Fsp3) is 0.0833. The average molecular weight is 540 g/mol. The summed E-state index contributed by atoms with van der Waals surface area (Å²) in [5.74, 6) is 0. The number of hydrogen-bond donors (Lipinski definition) is 3. The maximum absolute atomic E-state index is 11.9. The zero-order chi connectivity index (χ0) is 27.0. The fourth-order valence-corrected chi connectivity index (χ4v) is 4.89. The standard InChI is InChI=1S/C24H21N5O6S2/c1-14-9-17(25)4-7-22(14)28-26-18-6-8-23(15(2)10-18)29-27-19-5-3-16-11-20(36(30,31)32)13-24(21(16)12-19)37(33,34)35/h3-13H,25H2,1-2H3,(H,30,31,32)(H,33,34,35)/b28-26+,29-27+. The second kappa shape index (κ2) is 9.78. The molecular formula is C24H21N5O6S2. The zero-order valence-electron chi connectivity index (χ0n) is 19.6. The van der Waals surface area contributed by atoms with Crippen molar-refractivity contribution in [2.24, 2.45) is 20.5 Å². The lowest BCUT2D eigenvalue weighted by Gasteiger charge is -2.07. The molecule has 0 spiro atoms. The van der Waals surface area contributed by atoms with Gasteiger partial charge in [-0.25, -0.2) is 0 Å². The number of fused-ring (bicyclic) bond motifs is 1. The smallest absolute Gasteiger partial charge is 0.295 e. The molecule has 11 nitrogen and oxygen atoms in total. The molecule has 37 heavy (non-hydrogen) atoms. The van der Waals surface area contributed by atoms with Gasteiger partial charge in [0.25, 0.3) is 20.2 Å². The lowest BCUT2D eigenvalue weighted by atomic mass is 10.1. The molecule has 13 heteroatoms. The number of anilines is 1. The van der Waals surface area contributed by atoms with E-state index >= 15 is 0 Å². The highest BCUT2D eigenvalue weighted by atomic mass is 32.2. The summed E-state index contributed by atoms with van der Waals surface area (Å²) in [5.41, 5.74) is 10.1. The van der Waals surface area contributed by atoms with Crippen LogP contribution in [0.25, 0.3) is 10.8 Å². The van der Waals surface area contributed by atoms with Crippen molar-refractivity contribution in [1.29, 1.82) is 0 Å². The minimum atomic E-state index is -4.81. The topological polar surface area (TPSA) is 184 Å². The molecule has 0 aliphatic heterocycles. The summed E-state index contributed by atoms with van der Waals surface area (Å²) in [5, 5.41) is 17.0. The summed E-state index contributed by atoms with van der Waals surface area (Å²) < 4.78 is 65.7. The van der Waals surface area contributed by atoms with E-state index in [1.54, 1.807) is 30.3 Å². The maximum atomic E-state index is 11.9. The minimum Gasteiger partial charge on any atom is -0.399 e. The SMILES string of the molecule is Cc1cc(N)ccc1/N=N/c1ccc(/N=N/c2ccc3cc(S(=O)(=O)O)cc(S(=O)(=O)O)c3c2)c(C)c1. The molecule has 0 radical (unpaired) electrons. The molecule has 0 aliphatic rings. The van der Waals surface area contributed by atoms with Crippen LogP contribution in [-0.4, -0.2) is 25.9 Å². The summed E-state index contributed by atoms with van der Waals surface area (Å²) in [6.45, 7) is 3.70. The van der Waals surface area contributed by atoms with E-state index in [4.69, 9.17) is 5.73 Å². The Morgan fingerprint density at radius 1 is 0.649 bits per heavy atom. The molecule has 0 aromatic heterocycles. The highest BCUT2D eigenvalue weighted by Crippen LogP contribution is 2.32. The quantitative estimate of drug-likeness (QED) is 0.144.